The molecular formula is C19H18N4OS. The first kappa shape index (κ1) is 15.8. The number of benzene rings is 2. The third-order valence-electron chi connectivity index (χ3n) is 4.00. The van der Waals surface area contributed by atoms with Crippen molar-refractivity contribution in [2.75, 3.05) is 0 Å². The van der Waals surface area contributed by atoms with E-state index in [1.807, 2.05) is 29.6 Å². The molecule has 5 nitrogen and oxygen atoms in total. The van der Waals surface area contributed by atoms with E-state index in [0.717, 1.165) is 27.1 Å². The van der Waals surface area contributed by atoms with Gasteiger partial charge in [-0.15, -0.1) is 10.2 Å². The molecule has 0 aliphatic rings. The normalized spacial score (nSPS) is 11.1. The van der Waals surface area contributed by atoms with Crippen LogP contribution in [0.1, 0.15) is 27.5 Å². The number of hydrogen-bond donors (Lipinski definition) is 0. The minimum absolute atomic E-state index is 0.434. The summed E-state index contributed by atoms with van der Waals surface area (Å²) in [5.74, 6) is 1.74. The van der Waals surface area contributed by atoms with Crippen molar-refractivity contribution in [3.63, 3.8) is 0 Å². The van der Waals surface area contributed by atoms with Gasteiger partial charge in [-0.1, -0.05) is 53.8 Å². The van der Waals surface area contributed by atoms with E-state index < -0.39 is 0 Å². The summed E-state index contributed by atoms with van der Waals surface area (Å²) in [6, 6.07) is 16.4. The molecule has 0 atom stereocenters. The van der Waals surface area contributed by atoms with Crippen molar-refractivity contribution < 1.29 is 4.74 Å². The van der Waals surface area contributed by atoms with Gasteiger partial charge in [-0.25, -0.2) is 0 Å². The molecule has 0 aliphatic heterocycles. The van der Waals surface area contributed by atoms with Gasteiger partial charge in [0.15, 0.2) is 10.8 Å². The zero-order valence-electron chi connectivity index (χ0n) is 14.1. The van der Waals surface area contributed by atoms with Gasteiger partial charge in [-0.3, -0.25) is 0 Å². The first-order valence-corrected chi connectivity index (χ1v) is 8.94. The van der Waals surface area contributed by atoms with Crippen LogP contribution in [0, 0.1) is 13.8 Å². The van der Waals surface area contributed by atoms with Crippen LogP contribution >= 0.6 is 11.3 Å². The summed E-state index contributed by atoms with van der Waals surface area (Å²) in [6.07, 6.45) is 0.711. The molecule has 0 saturated carbocycles. The van der Waals surface area contributed by atoms with E-state index in [0.29, 0.717) is 13.0 Å². The Kier molecular flexibility index (Phi) is 4.19. The van der Waals surface area contributed by atoms with Crippen LogP contribution < -0.4 is 4.74 Å². The second-order valence-corrected chi connectivity index (χ2v) is 7.07. The predicted octanol–water partition coefficient (Wildman–Crippen LogP) is 3.97. The second kappa shape index (κ2) is 6.64. The van der Waals surface area contributed by atoms with Crippen molar-refractivity contribution >= 4 is 16.3 Å². The number of rotatable bonds is 5. The van der Waals surface area contributed by atoms with E-state index in [2.05, 4.69) is 52.6 Å². The number of fused-ring (bicyclic) bond motifs is 1. The fourth-order valence-electron chi connectivity index (χ4n) is 2.65. The highest BCUT2D eigenvalue weighted by Gasteiger charge is 2.13. The maximum absolute atomic E-state index is 5.95. The highest BCUT2D eigenvalue weighted by Crippen LogP contribution is 2.22. The molecule has 2 aromatic carbocycles. The van der Waals surface area contributed by atoms with Crippen LogP contribution in [0.2, 0.25) is 0 Å². The summed E-state index contributed by atoms with van der Waals surface area (Å²) >= 11 is 1.51. The molecule has 0 saturated heterocycles. The minimum atomic E-state index is 0.434. The lowest BCUT2D eigenvalue weighted by Gasteiger charge is -2.08. The van der Waals surface area contributed by atoms with Crippen LogP contribution in [0.4, 0.5) is 0 Å². The SMILES string of the molecule is Cc1ccc(C)c(OCc2nn3c(Cc4ccccc4)nnc3s2)c1. The van der Waals surface area contributed by atoms with Crippen LogP contribution in [0.15, 0.2) is 48.5 Å². The van der Waals surface area contributed by atoms with Crippen molar-refractivity contribution in [2.45, 2.75) is 26.9 Å². The second-order valence-electron chi connectivity index (χ2n) is 6.03. The number of aryl methyl sites for hydroxylation is 2. The molecule has 0 spiro atoms. The lowest BCUT2D eigenvalue weighted by Crippen LogP contribution is -2.01. The van der Waals surface area contributed by atoms with Gasteiger partial charge in [-0.2, -0.15) is 9.61 Å². The monoisotopic (exact) mass is 350 g/mol. The minimum Gasteiger partial charge on any atom is -0.486 e. The summed E-state index contributed by atoms with van der Waals surface area (Å²) in [6.45, 7) is 4.54. The summed E-state index contributed by atoms with van der Waals surface area (Å²) in [5, 5.41) is 14.0. The van der Waals surface area contributed by atoms with Gasteiger partial charge < -0.3 is 4.74 Å². The summed E-state index contributed by atoms with van der Waals surface area (Å²) < 4.78 is 7.77. The highest BCUT2D eigenvalue weighted by atomic mass is 32.1. The molecule has 0 fully saturated rings. The number of hydrogen-bond acceptors (Lipinski definition) is 5. The largest absolute Gasteiger partial charge is 0.486 e. The number of aromatic nitrogens is 4. The van der Waals surface area contributed by atoms with Gasteiger partial charge in [0, 0.05) is 6.42 Å². The quantitative estimate of drug-likeness (QED) is 0.546. The number of ether oxygens (including phenoxy) is 1. The molecule has 4 rings (SSSR count). The molecule has 4 aromatic rings. The van der Waals surface area contributed by atoms with E-state index in [4.69, 9.17) is 4.74 Å². The molecule has 6 heteroatoms. The molecule has 126 valence electrons. The van der Waals surface area contributed by atoms with Gasteiger partial charge in [0.2, 0.25) is 4.96 Å². The van der Waals surface area contributed by atoms with Crippen LogP contribution in [-0.2, 0) is 13.0 Å². The molecular weight excluding hydrogens is 332 g/mol. The van der Waals surface area contributed by atoms with Crippen molar-refractivity contribution in [2.24, 2.45) is 0 Å². The van der Waals surface area contributed by atoms with Crippen molar-refractivity contribution in [3.8, 4) is 5.75 Å². The Morgan fingerprint density at radius 2 is 1.88 bits per heavy atom. The molecule has 25 heavy (non-hydrogen) atoms. The Morgan fingerprint density at radius 1 is 1.04 bits per heavy atom. The Labute approximate surface area is 149 Å². The van der Waals surface area contributed by atoms with E-state index in [9.17, 15) is 0 Å². The lowest BCUT2D eigenvalue weighted by molar-refractivity contribution is 0.301. The van der Waals surface area contributed by atoms with Gasteiger partial charge in [0.25, 0.3) is 0 Å². The molecule has 0 N–H and O–H groups in total. The number of nitrogens with zero attached hydrogens (tertiary/aromatic N) is 4. The lowest BCUT2D eigenvalue weighted by atomic mass is 10.1. The van der Waals surface area contributed by atoms with E-state index in [1.54, 1.807) is 0 Å². The van der Waals surface area contributed by atoms with Crippen LogP contribution in [0.3, 0.4) is 0 Å². The summed E-state index contributed by atoms with van der Waals surface area (Å²) in [4.78, 5) is 0.797. The molecule has 2 heterocycles. The topological polar surface area (TPSA) is 52.3 Å². The standard InChI is InChI=1S/C19H18N4OS/c1-13-8-9-14(2)16(10-13)24-12-18-22-23-17(20-21-19(23)25-18)11-15-6-4-3-5-7-15/h3-10H,11-12H2,1-2H3. The van der Waals surface area contributed by atoms with E-state index in [1.165, 1.54) is 22.5 Å². The molecule has 0 unspecified atom stereocenters. The highest BCUT2D eigenvalue weighted by molar-refractivity contribution is 7.16. The van der Waals surface area contributed by atoms with Crippen LogP contribution in [0.5, 0.6) is 5.75 Å². The third-order valence-corrected chi connectivity index (χ3v) is 4.87. The molecule has 0 bridgehead atoms. The Hall–Kier alpha value is -2.73. The predicted molar refractivity (Wildman–Crippen MR) is 98.2 cm³/mol. The molecule has 0 amide bonds. The first-order valence-electron chi connectivity index (χ1n) is 8.13. The van der Waals surface area contributed by atoms with Gasteiger partial charge in [0.1, 0.15) is 12.4 Å². The smallest absolute Gasteiger partial charge is 0.234 e. The van der Waals surface area contributed by atoms with E-state index >= 15 is 0 Å². The fourth-order valence-corrected chi connectivity index (χ4v) is 3.41. The van der Waals surface area contributed by atoms with Crippen LogP contribution in [-0.4, -0.2) is 19.8 Å². The summed E-state index contributed by atoms with van der Waals surface area (Å²) in [5.41, 5.74) is 3.50. The van der Waals surface area contributed by atoms with Crippen molar-refractivity contribution in [1.29, 1.82) is 0 Å². The maximum Gasteiger partial charge on any atom is 0.234 e. The average molecular weight is 350 g/mol. The maximum atomic E-state index is 5.95. The Balaban J connectivity index is 1.53. The first-order chi connectivity index (χ1) is 12.2. The Bertz CT molecular complexity index is 1010. The fraction of sp³-hybridized carbons (Fsp3) is 0.211. The Morgan fingerprint density at radius 3 is 2.72 bits per heavy atom. The van der Waals surface area contributed by atoms with E-state index in [-0.39, 0.29) is 0 Å². The van der Waals surface area contributed by atoms with Crippen molar-refractivity contribution in [1.82, 2.24) is 19.8 Å². The average Bonchev–Trinajstić information content (AvgIpc) is 3.18. The third kappa shape index (κ3) is 3.39. The van der Waals surface area contributed by atoms with Gasteiger partial charge in [-0.05, 0) is 36.6 Å². The summed E-state index contributed by atoms with van der Waals surface area (Å²) in [7, 11) is 0. The zero-order valence-corrected chi connectivity index (χ0v) is 15.0. The van der Waals surface area contributed by atoms with Gasteiger partial charge >= 0.3 is 0 Å². The zero-order chi connectivity index (χ0) is 17.2. The van der Waals surface area contributed by atoms with Crippen molar-refractivity contribution in [3.05, 3.63) is 76.1 Å². The molecule has 2 aromatic heterocycles. The molecule has 0 radical (unpaired) electrons. The molecule has 0 aliphatic carbocycles. The van der Waals surface area contributed by atoms with Crippen LogP contribution in [0.25, 0.3) is 4.96 Å². The van der Waals surface area contributed by atoms with Gasteiger partial charge in [0.05, 0.1) is 0 Å².